The van der Waals surface area contributed by atoms with Gasteiger partial charge in [-0.1, -0.05) is 17.8 Å². The number of nitrogens with one attached hydrogen (secondary N) is 1. The van der Waals surface area contributed by atoms with Crippen LogP contribution in [0.1, 0.15) is 11.5 Å². The molecule has 1 spiro atoms. The summed E-state index contributed by atoms with van der Waals surface area (Å²) in [6.45, 7) is 0.502. The summed E-state index contributed by atoms with van der Waals surface area (Å²) in [5, 5.41) is 19.1. The van der Waals surface area contributed by atoms with Gasteiger partial charge in [0, 0.05) is 23.3 Å². The lowest BCUT2D eigenvalue weighted by atomic mass is 9.95. The number of nitrogens with zero attached hydrogens (tertiary/aromatic N) is 2. The number of amidine groups is 1. The first kappa shape index (κ1) is 16.1. The normalized spacial score (nSPS) is 37.8. The van der Waals surface area contributed by atoms with Crippen molar-refractivity contribution in [2.45, 2.75) is 11.0 Å². The number of rotatable bonds is 3. The average molecular weight is 357 g/mol. The molecule has 128 valence electrons. The van der Waals surface area contributed by atoms with Crippen LogP contribution in [0.25, 0.3) is 0 Å². The highest BCUT2D eigenvalue weighted by Gasteiger charge is 2.96. The molecule has 1 aromatic rings. The number of fused-ring (bicyclic) bond motifs is 2. The van der Waals surface area contributed by atoms with Crippen molar-refractivity contribution in [2.24, 2.45) is 16.6 Å². The van der Waals surface area contributed by atoms with Gasteiger partial charge in [0.1, 0.15) is 11.5 Å². The van der Waals surface area contributed by atoms with Crippen LogP contribution in [0, 0.1) is 33.5 Å². The second-order valence-corrected chi connectivity index (χ2v) is 7.50. The van der Waals surface area contributed by atoms with Crippen LogP contribution in [0.15, 0.2) is 18.2 Å². The van der Waals surface area contributed by atoms with Crippen LogP contribution >= 0.6 is 11.8 Å². The minimum absolute atomic E-state index is 0.286. The summed E-state index contributed by atoms with van der Waals surface area (Å²) in [6, 6.07) is 10.1. The molecule has 1 saturated carbocycles. The molecule has 2 fully saturated rings. The van der Waals surface area contributed by atoms with Gasteiger partial charge in [-0.3, -0.25) is 5.73 Å². The van der Waals surface area contributed by atoms with Gasteiger partial charge in [0.05, 0.1) is 33.0 Å². The van der Waals surface area contributed by atoms with E-state index in [4.69, 9.17) is 19.9 Å². The lowest BCUT2D eigenvalue weighted by Gasteiger charge is -2.24. The maximum absolute atomic E-state index is 10.1. The molecule has 0 amide bonds. The molecular weight excluding hydrogens is 340 g/mol. The van der Waals surface area contributed by atoms with Crippen molar-refractivity contribution >= 4 is 17.6 Å². The minimum atomic E-state index is -1.15. The lowest BCUT2D eigenvalue weighted by molar-refractivity contribution is -0.583. The molecule has 0 bridgehead atoms. The van der Waals surface area contributed by atoms with Gasteiger partial charge in [-0.15, -0.1) is 0 Å². The Kier molecular flexibility index (Phi) is 3.24. The summed E-state index contributed by atoms with van der Waals surface area (Å²) < 4.78 is 16.7. The molecule has 0 radical (unpaired) electrons. The number of benzene rings is 1. The molecule has 4 rings (SSSR count). The predicted octanol–water partition coefficient (Wildman–Crippen LogP) is -0.310. The molecule has 3 N–H and O–H groups in total. The fourth-order valence-electron chi connectivity index (χ4n) is 4.34. The van der Waals surface area contributed by atoms with Gasteiger partial charge in [-0.2, -0.15) is 10.5 Å². The molecule has 1 saturated heterocycles. The molecule has 1 aliphatic carbocycles. The van der Waals surface area contributed by atoms with Crippen molar-refractivity contribution in [2.75, 3.05) is 26.6 Å². The van der Waals surface area contributed by atoms with Crippen molar-refractivity contribution in [3.05, 3.63) is 23.8 Å². The Hall–Kier alpha value is -2.42. The molecule has 7 nitrogen and oxygen atoms in total. The first-order valence-electron chi connectivity index (χ1n) is 7.80. The maximum Gasteiger partial charge on any atom is 0.277 e. The standard InChI is InChI=1S/C17H16N4O3S/c1-22-10-3-4-11(12(7-10)23-2)13-15(8-18)14(20)21-17(16(13,15)9-19)24-5-6-25-17/h3-4,7,13H,5-6H2,1-2H3,(H2,20,21)/p+1/t13-,15-,16-,17-/m1/s1. The van der Waals surface area contributed by atoms with Crippen LogP contribution in [0.5, 0.6) is 11.5 Å². The van der Waals surface area contributed by atoms with E-state index in [2.05, 4.69) is 17.1 Å². The van der Waals surface area contributed by atoms with E-state index in [0.29, 0.717) is 18.1 Å². The zero-order valence-corrected chi connectivity index (χ0v) is 14.6. The summed E-state index contributed by atoms with van der Waals surface area (Å²) in [7, 11) is 3.12. The van der Waals surface area contributed by atoms with Gasteiger partial charge >= 0.3 is 0 Å². The fraction of sp³-hybridized carbons (Fsp3) is 0.471. The molecule has 25 heavy (non-hydrogen) atoms. The SMILES string of the molecule is COc1ccc([C@H]2[C@@]3(C#N)[C@@]4([NH+]=C(N)[C@@]23C#N)OCCS4)c(OC)c1. The van der Waals surface area contributed by atoms with E-state index >= 15 is 0 Å². The largest absolute Gasteiger partial charge is 0.497 e. The van der Waals surface area contributed by atoms with Crippen LogP contribution in [-0.4, -0.2) is 37.5 Å². The Morgan fingerprint density at radius 3 is 2.68 bits per heavy atom. The van der Waals surface area contributed by atoms with Gasteiger partial charge in [-0.05, 0) is 6.07 Å². The lowest BCUT2D eigenvalue weighted by Crippen LogP contribution is -2.88. The highest BCUT2D eigenvalue weighted by Crippen LogP contribution is 2.81. The highest BCUT2D eigenvalue weighted by atomic mass is 32.2. The molecule has 0 unspecified atom stereocenters. The molecule has 8 heteroatoms. The molecule has 2 heterocycles. The Morgan fingerprint density at radius 2 is 2.12 bits per heavy atom. The predicted molar refractivity (Wildman–Crippen MR) is 89.7 cm³/mol. The number of nitriles is 2. The summed E-state index contributed by atoms with van der Waals surface area (Å²) in [4.78, 5) is 3.10. The second-order valence-electron chi connectivity index (χ2n) is 6.23. The summed E-state index contributed by atoms with van der Waals surface area (Å²) >= 11 is 1.49. The Bertz CT molecular complexity index is 868. The van der Waals surface area contributed by atoms with Crippen LogP contribution in [0.4, 0.5) is 0 Å². The first-order valence-corrected chi connectivity index (χ1v) is 8.79. The molecule has 2 aliphatic heterocycles. The van der Waals surface area contributed by atoms with Crippen molar-refractivity contribution in [1.29, 1.82) is 10.5 Å². The third-order valence-electron chi connectivity index (χ3n) is 5.45. The van der Waals surface area contributed by atoms with Gasteiger partial charge in [0.15, 0.2) is 10.8 Å². The number of hydrogen-bond donors (Lipinski definition) is 2. The van der Waals surface area contributed by atoms with Crippen LogP contribution in [0.3, 0.4) is 0 Å². The second kappa shape index (κ2) is 5.04. The summed E-state index contributed by atoms with van der Waals surface area (Å²) in [5.74, 6) is 1.78. The zero-order valence-electron chi connectivity index (χ0n) is 13.8. The highest BCUT2D eigenvalue weighted by molar-refractivity contribution is 8.00. The van der Waals surface area contributed by atoms with E-state index in [1.165, 1.54) is 11.8 Å². The topological polar surface area (TPSA) is 115 Å². The minimum Gasteiger partial charge on any atom is -0.497 e. The van der Waals surface area contributed by atoms with Crippen molar-refractivity contribution in [3.63, 3.8) is 0 Å². The van der Waals surface area contributed by atoms with E-state index in [1.54, 1.807) is 26.4 Å². The zero-order chi connectivity index (χ0) is 17.9. The van der Waals surface area contributed by atoms with Gasteiger partial charge in [0.2, 0.25) is 0 Å². The Labute approximate surface area is 149 Å². The number of thioether (sulfide) groups is 1. The van der Waals surface area contributed by atoms with Crippen LogP contribution in [0.2, 0.25) is 0 Å². The summed E-state index contributed by atoms with van der Waals surface area (Å²) in [6.07, 6.45) is 0. The van der Waals surface area contributed by atoms with E-state index in [0.717, 1.165) is 11.3 Å². The van der Waals surface area contributed by atoms with Crippen LogP contribution in [-0.2, 0) is 4.74 Å². The van der Waals surface area contributed by atoms with Gasteiger partial charge in [0.25, 0.3) is 10.9 Å². The molecular formula is C17H17N4O3S+. The first-order chi connectivity index (χ1) is 12.1. The number of hydrogen-bond acceptors (Lipinski definition) is 7. The van der Waals surface area contributed by atoms with Crippen molar-refractivity contribution < 1.29 is 19.2 Å². The fourth-order valence-corrected chi connectivity index (χ4v) is 5.70. The maximum atomic E-state index is 10.1. The van der Waals surface area contributed by atoms with E-state index < -0.39 is 21.8 Å². The third-order valence-corrected chi connectivity index (χ3v) is 6.77. The van der Waals surface area contributed by atoms with Gasteiger partial charge < -0.3 is 14.2 Å². The number of methoxy groups -OCH3 is 2. The Morgan fingerprint density at radius 1 is 1.32 bits per heavy atom. The molecule has 0 aromatic heterocycles. The van der Waals surface area contributed by atoms with E-state index in [1.807, 2.05) is 6.07 Å². The molecule has 4 atom stereocenters. The van der Waals surface area contributed by atoms with E-state index in [9.17, 15) is 10.5 Å². The van der Waals surface area contributed by atoms with Crippen molar-refractivity contribution in [3.8, 4) is 23.6 Å². The smallest absolute Gasteiger partial charge is 0.277 e. The molecule has 1 aromatic carbocycles. The quantitative estimate of drug-likeness (QED) is 0.762. The summed E-state index contributed by atoms with van der Waals surface area (Å²) in [5.41, 5.74) is 4.72. The van der Waals surface area contributed by atoms with Crippen molar-refractivity contribution in [1.82, 2.24) is 0 Å². The Balaban J connectivity index is 1.92. The van der Waals surface area contributed by atoms with Crippen LogP contribution < -0.4 is 20.2 Å². The number of nitrogens with two attached hydrogens (primary N) is 1. The third kappa shape index (κ3) is 1.57. The van der Waals surface area contributed by atoms with E-state index in [-0.39, 0.29) is 5.84 Å². The van der Waals surface area contributed by atoms with Gasteiger partial charge in [-0.25, -0.2) is 4.99 Å². The number of ether oxygens (including phenoxy) is 3. The molecule has 3 aliphatic rings. The monoisotopic (exact) mass is 357 g/mol. The average Bonchev–Trinajstić information content (AvgIpc) is 2.88.